The van der Waals surface area contributed by atoms with E-state index in [1.165, 1.54) is 6.92 Å². The first-order valence-corrected chi connectivity index (χ1v) is 10.2. The highest BCUT2D eigenvalue weighted by Crippen LogP contribution is 2.32. The van der Waals surface area contributed by atoms with E-state index < -0.39 is 0 Å². The Labute approximate surface area is 172 Å². The van der Waals surface area contributed by atoms with E-state index in [1.807, 2.05) is 18.2 Å². The minimum atomic E-state index is -0.137. The van der Waals surface area contributed by atoms with Gasteiger partial charge in [0, 0.05) is 41.1 Å². The first kappa shape index (κ1) is 20.3. The highest BCUT2D eigenvalue weighted by atomic mass is 79.9. The number of rotatable bonds is 1. The molecular weight excluding hydrogens is 420 g/mol. The third kappa shape index (κ3) is 4.33. The van der Waals surface area contributed by atoms with Crippen LogP contribution in [0.1, 0.15) is 64.4 Å². The molecule has 2 aliphatic carbocycles. The van der Waals surface area contributed by atoms with Crippen LogP contribution in [0.5, 0.6) is 0 Å². The van der Waals surface area contributed by atoms with E-state index in [0.717, 1.165) is 46.8 Å². The zero-order valence-corrected chi connectivity index (χ0v) is 17.4. The number of ketones is 2. The highest BCUT2D eigenvalue weighted by molar-refractivity contribution is 9.10. The van der Waals surface area contributed by atoms with E-state index in [4.69, 9.17) is 5.73 Å². The van der Waals surface area contributed by atoms with Crippen LogP contribution >= 0.6 is 15.9 Å². The van der Waals surface area contributed by atoms with E-state index in [-0.39, 0.29) is 17.5 Å². The molecule has 0 aliphatic heterocycles. The fraction of sp³-hybridized carbons (Fsp3) is 0.318. The average molecular weight is 443 g/mol. The Bertz CT molecular complexity index is 953. The van der Waals surface area contributed by atoms with Crippen molar-refractivity contribution in [2.45, 2.75) is 45.4 Å². The molecule has 0 saturated heterocycles. The molecule has 0 atom stereocenters. The lowest BCUT2D eigenvalue weighted by atomic mass is 9.89. The summed E-state index contributed by atoms with van der Waals surface area (Å²) >= 11 is 3.44. The molecule has 146 valence electrons. The quantitative estimate of drug-likeness (QED) is 0.625. The van der Waals surface area contributed by atoms with E-state index in [1.54, 1.807) is 12.1 Å². The number of nitrogens with one attached hydrogen (secondary N) is 1. The second-order valence-electron chi connectivity index (χ2n) is 7.06. The number of carbonyl (C=O) groups excluding carboxylic acids is 3. The maximum Gasteiger partial charge on any atom is 0.221 e. The Hall–Kier alpha value is -2.47. The molecule has 4 rings (SSSR count). The molecule has 2 aliphatic rings. The van der Waals surface area contributed by atoms with Crippen molar-refractivity contribution < 1.29 is 14.4 Å². The molecule has 0 unspecified atom stereocenters. The van der Waals surface area contributed by atoms with Crippen LogP contribution in [-0.2, 0) is 17.6 Å². The van der Waals surface area contributed by atoms with Crippen molar-refractivity contribution in [2.24, 2.45) is 0 Å². The zero-order valence-electron chi connectivity index (χ0n) is 15.8. The van der Waals surface area contributed by atoms with Crippen molar-refractivity contribution in [1.82, 2.24) is 0 Å². The third-order valence-electron chi connectivity index (χ3n) is 4.99. The summed E-state index contributed by atoms with van der Waals surface area (Å²) in [4.78, 5) is 34.3. The fourth-order valence-corrected chi connectivity index (χ4v) is 4.29. The van der Waals surface area contributed by atoms with Crippen LogP contribution in [0.25, 0.3) is 0 Å². The number of aryl methyl sites for hydroxylation is 1. The largest absolute Gasteiger partial charge is 0.398 e. The summed E-state index contributed by atoms with van der Waals surface area (Å²) in [5.74, 6) is 0.183. The third-order valence-corrected chi connectivity index (χ3v) is 5.73. The van der Waals surface area contributed by atoms with Gasteiger partial charge in [0.25, 0.3) is 0 Å². The number of carbonyl (C=O) groups is 3. The van der Waals surface area contributed by atoms with Crippen LogP contribution in [0.4, 0.5) is 11.4 Å². The maximum absolute atomic E-state index is 11.7. The number of nitrogens with two attached hydrogens (primary N) is 1. The van der Waals surface area contributed by atoms with Gasteiger partial charge in [0.2, 0.25) is 5.91 Å². The predicted molar refractivity (Wildman–Crippen MR) is 114 cm³/mol. The number of nitrogen functional groups attached to an aromatic ring is 1. The highest BCUT2D eigenvalue weighted by Gasteiger charge is 2.22. The van der Waals surface area contributed by atoms with Gasteiger partial charge in [-0.05, 0) is 55.0 Å². The summed E-state index contributed by atoms with van der Waals surface area (Å²) in [6.45, 7) is 1.45. The van der Waals surface area contributed by atoms with Crippen LogP contribution in [-0.4, -0.2) is 17.5 Å². The van der Waals surface area contributed by atoms with Crippen LogP contribution in [0.3, 0.4) is 0 Å². The summed E-state index contributed by atoms with van der Waals surface area (Å²) in [5.41, 5.74) is 10.6. The Morgan fingerprint density at radius 1 is 0.964 bits per heavy atom. The summed E-state index contributed by atoms with van der Waals surface area (Å²) in [6, 6.07) is 9.31. The van der Waals surface area contributed by atoms with Crippen molar-refractivity contribution in [2.75, 3.05) is 11.1 Å². The van der Waals surface area contributed by atoms with Gasteiger partial charge in [-0.3, -0.25) is 14.4 Å². The van der Waals surface area contributed by atoms with E-state index in [0.29, 0.717) is 29.8 Å². The second-order valence-corrected chi connectivity index (χ2v) is 7.92. The van der Waals surface area contributed by atoms with E-state index >= 15 is 0 Å². The van der Waals surface area contributed by atoms with Gasteiger partial charge in [0.15, 0.2) is 11.6 Å². The molecule has 3 N–H and O–H groups in total. The molecule has 0 heterocycles. The topological polar surface area (TPSA) is 89.3 Å². The van der Waals surface area contributed by atoms with Gasteiger partial charge in [-0.15, -0.1) is 0 Å². The van der Waals surface area contributed by atoms with E-state index in [9.17, 15) is 14.4 Å². The SMILES string of the molecule is CC(=O)Nc1cccc2c1C(=O)CCC2.Nc1ccc(Br)c2c1C(=O)CCC2. The van der Waals surface area contributed by atoms with Gasteiger partial charge in [0.05, 0.1) is 5.69 Å². The molecule has 0 spiro atoms. The first-order chi connectivity index (χ1) is 13.4. The summed E-state index contributed by atoms with van der Waals surface area (Å²) in [5, 5.41) is 2.70. The fourth-order valence-electron chi connectivity index (χ4n) is 3.76. The molecule has 6 heteroatoms. The average Bonchev–Trinajstić information content (AvgIpc) is 2.65. The second kappa shape index (κ2) is 8.69. The van der Waals surface area contributed by atoms with Crippen LogP contribution in [0.15, 0.2) is 34.8 Å². The number of anilines is 2. The molecule has 0 saturated carbocycles. The Kier molecular flexibility index (Phi) is 6.29. The Morgan fingerprint density at radius 2 is 1.64 bits per heavy atom. The van der Waals surface area contributed by atoms with E-state index in [2.05, 4.69) is 21.2 Å². The predicted octanol–water partition coefficient (Wildman–Crippen LogP) is 4.71. The lowest BCUT2D eigenvalue weighted by molar-refractivity contribution is -0.114. The van der Waals surface area contributed by atoms with Gasteiger partial charge in [0.1, 0.15) is 0 Å². The van der Waals surface area contributed by atoms with Crippen molar-refractivity contribution in [3.05, 3.63) is 57.1 Å². The molecule has 5 nitrogen and oxygen atoms in total. The zero-order chi connectivity index (χ0) is 20.3. The molecular formula is C22H23BrN2O3. The number of fused-ring (bicyclic) bond motifs is 2. The lowest BCUT2D eigenvalue weighted by Gasteiger charge is -2.17. The first-order valence-electron chi connectivity index (χ1n) is 9.41. The lowest BCUT2D eigenvalue weighted by Crippen LogP contribution is -2.16. The molecule has 2 aromatic carbocycles. The van der Waals surface area contributed by atoms with Crippen LogP contribution in [0, 0.1) is 0 Å². The summed E-state index contributed by atoms with van der Waals surface area (Å²) in [7, 11) is 0. The maximum atomic E-state index is 11.7. The molecule has 1 amide bonds. The van der Waals surface area contributed by atoms with Crippen LogP contribution in [0.2, 0.25) is 0 Å². The minimum Gasteiger partial charge on any atom is -0.398 e. The summed E-state index contributed by atoms with van der Waals surface area (Å²) in [6.07, 6.45) is 4.95. The molecule has 0 fully saturated rings. The minimum absolute atomic E-state index is 0.137. The van der Waals surface area contributed by atoms with Crippen molar-refractivity contribution in [3.63, 3.8) is 0 Å². The van der Waals surface area contributed by atoms with Crippen molar-refractivity contribution in [3.8, 4) is 0 Å². The van der Waals surface area contributed by atoms with Gasteiger partial charge in [-0.25, -0.2) is 0 Å². The molecule has 2 aromatic rings. The summed E-state index contributed by atoms with van der Waals surface area (Å²) < 4.78 is 1.00. The Balaban J connectivity index is 0.000000162. The molecule has 0 aromatic heterocycles. The van der Waals surface area contributed by atoms with Gasteiger partial charge in [-0.1, -0.05) is 28.1 Å². The van der Waals surface area contributed by atoms with Crippen LogP contribution < -0.4 is 11.1 Å². The molecule has 28 heavy (non-hydrogen) atoms. The number of halogens is 1. The van der Waals surface area contributed by atoms with Gasteiger partial charge >= 0.3 is 0 Å². The van der Waals surface area contributed by atoms with Gasteiger partial charge in [-0.2, -0.15) is 0 Å². The number of benzene rings is 2. The smallest absolute Gasteiger partial charge is 0.221 e. The van der Waals surface area contributed by atoms with Crippen molar-refractivity contribution >= 4 is 44.8 Å². The normalized spacial score (nSPS) is 15.1. The standard InChI is InChI=1S/C12H13NO2.C10H10BrNO/c1-8(14)13-10-6-2-4-9-5-3-7-11(15)12(9)10;11-7-4-5-8(12)10-6(7)2-1-3-9(10)13/h2,4,6H,3,5,7H2,1H3,(H,13,14);4-5H,1-3,12H2. The van der Waals surface area contributed by atoms with Crippen molar-refractivity contribution in [1.29, 1.82) is 0 Å². The Morgan fingerprint density at radius 3 is 2.32 bits per heavy atom. The number of amides is 1. The molecule has 0 bridgehead atoms. The number of hydrogen-bond donors (Lipinski definition) is 2. The number of hydrogen-bond acceptors (Lipinski definition) is 4. The molecule has 0 radical (unpaired) electrons. The monoisotopic (exact) mass is 442 g/mol. The number of Topliss-reactive ketones (excluding diaryl/α,β-unsaturated/α-hetero) is 2. The van der Waals surface area contributed by atoms with Gasteiger partial charge < -0.3 is 11.1 Å².